The summed E-state index contributed by atoms with van der Waals surface area (Å²) >= 11 is 0. The normalized spacial score (nSPS) is 13.6. The number of likely N-dealkylation sites (N-methyl/N-ethyl adjacent to an activating group) is 1. The Morgan fingerprint density at radius 3 is 2.40 bits per heavy atom. The van der Waals surface area contributed by atoms with Crippen molar-refractivity contribution in [1.29, 1.82) is 0 Å². The lowest BCUT2D eigenvalue weighted by atomic mass is 9.93. The fourth-order valence-electron chi connectivity index (χ4n) is 2.13. The molecule has 0 radical (unpaired) electrons. The average molecular weight is 279 g/mol. The molecule has 0 aromatic heterocycles. The molecule has 0 fully saturated rings. The fourth-order valence-corrected chi connectivity index (χ4v) is 2.13. The van der Waals surface area contributed by atoms with Crippen LogP contribution in [0.1, 0.15) is 32.8 Å². The monoisotopic (exact) mass is 279 g/mol. The molecule has 0 saturated carbocycles. The maximum atomic E-state index is 12.1. The summed E-state index contributed by atoms with van der Waals surface area (Å²) in [6.45, 7) is 6.86. The van der Waals surface area contributed by atoms with Gasteiger partial charge in [-0.3, -0.25) is 4.79 Å². The largest absolute Gasteiger partial charge is 0.497 e. The van der Waals surface area contributed by atoms with E-state index < -0.39 is 5.54 Å². The molecule has 0 heterocycles. The van der Waals surface area contributed by atoms with Crippen LogP contribution in [0.2, 0.25) is 0 Å². The molecule has 1 rings (SSSR count). The van der Waals surface area contributed by atoms with Crippen LogP contribution in [0.3, 0.4) is 0 Å². The van der Waals surface area contributed by atoms with Gasteiger partial charge in [0.2, 0.25) is 0 Å². The molecule has 0 saturated heterocycles. The van der Waals surface area contributed by atoms with Gasteiger partial charge in [-0.1, -0.05) is 19.1 Å². The summed E-state index contributed by atoms with van der Waals surface area (Å²) in [5, 5.41) is 3.24. The highest BCUT2D eigenvalue weighted by molar-refractivity contribution is 5.80. The molecule has 1 aromatic rings. The number of esters is 1. The van der Waals surface area contributed by atoms with Gasteiger partial charge in [0.15, 0.2) is 0 Å². The van der Waals surface area contributed by atoms with Crippen molar-refractivity contribution in [3.05, 3.63) is 29.8 Å². The summed E-state index contributed by atoms with van der Waals surface area (Å²) in [6.07, 6.45) is 1.51. The molecule has 0 aliphatic heterocycles. The van der Waals surface area contributed by atoms with Crippen LogP contribution in [0.4, 0.5) is 0 Å². The standard InChI is InChI=1S/C16H25NO3/c1-5-17-16(3,15(18)20-6-2)12-11-13-7-9-14(19-4)10-8-13/h7-10,17H,5-6,11-12H2,1-4H3. The third-order valence-corrected chi connectivity index (χ3v) is 3.37. The first-order valence-electron chi connectivity index (χ1n) is 7.11. The highest BCUT2D eigenvalue weighted by Gasteiger charge is 2.33. The Kier molecular flexibility index (Phi) is 6.52. The van der Waals surface area contributed by atoms with Crippen LogP contribution in [0.25, 0.3) is 0 Å². The van der Waals surface area contributed by atoms with Gasteiger partial charge < -0.3 is 14.8 Å². The third kappa shape index (κ3) is 4.53. The first-order chi connectivity index (χ1) is 9.55. The lowest BCUT2D eigenvalue weighted by molar-refractivity contribution is -0.150. The number of carbonyl (C=O) groups excluding carboxylic acids is 1. The minimum absolute atomic E-state index is 0.185. The van der Waals surface area contributed by atoms with Gasteiger partial charge in [-0.25, -0.2) is 0 Å². The van der Waals surface area contributed by atoms with Crippen LogP contribution in [0.15, 0.2) is 24.3 Å². The van der Waals surface area contributed by atoms with Crippen molar-refractivity contribution in [3.8, 4) is 5.75 Å². The van der Waals surface area contributed by atoms with Crippen LogP contribution in [-0.4, -0.2) is 31.8 Å². The van der Waals surface area contributed by atoms with Crippen molar-refractivity contribution >= 4 is 5.97 Å². The zero-order chi connectivity index (χ0) is 15.0. The smallest absolute Gasteiger partial charge is 0.326 e. The number of ether oxygens (including phenoxy) is 2. The molecular weight excluding hydrogens is 254 g/mol. The Balaban J connectivity index is 2.67. The van der Waals surface area contributed by atoms with Gasteiger partial charge in [0, 0.05) is 0 Å². The Morgan fingerprint density at radius 2 is 1.90 bits per heavy atom. The van der Waals surface area contributed by atoms with Crippen LogP contribution < -0.4 is 10.1 Å². The van der Waals surface area contributed by atoms with E-state index in [1.165, 1.54) is 5.56 Å². The molecule has 1 unspecified atom stereocenters. The number of methoxy groups -OCH3 is 1. The van der Waals surface area contributed by atoms with E-state index in [1.54, 1.807) is 7.11 Å². The SMILES string of the molecule is CCNC(C)(CCc1ccc(OC)cc1)C(=O)OCC. The number of benzene rings is 1. The molecule has 20 heavy (non-hydrogen) atoms. The molecule has 0 aliphatic rings. The summed E-state index contributed by atoms with van der Waals surface area (Å²) in [5.74, 6) is 0.656. The molecule has 4 nitrogen and oxygen atoms in total. The molecule has 0 bridgehead atoms. The van der Waals surface area contributed by atoms with E-state index in [1.807, 2.05) is 45.0 Å². The quantitative estimate of drug-likeness (QED) is 0.743. The average Bonchev–Trinajstić information content (AvgIpc) is 2.46. The first-order valence-corrected chi connectivity index (χ1v) is 7.11. The Labute approximate surface area is 121 Å². The molecule has 0 spiro atoms. The lowest BCUT2D eigenvalue weighted by Crippen LogP contribution is -2.50. The van der Waals surface area contributed by atoms with Crippen molar-refractivity contribution in [2.45, 2.75) is 39.2 Å². The van der Waals surface area contributed by atoms with Gasteiger partial charge in [-0.2, -0.15) is 0 Å². The first kappa shape index (κ1) is 16.5. The van der Waals surface area contributed by atoms with Crippen LogP contribution in [0, 0.1) is 0 Å². The summed E-state index contributed by atoms with van der Waals surface area (Å²) < 4.78 is 10.3. The zero-order valence-corrected chi connectivity index (χ0v) is 12.9. The van der Waals surface area contributed by atoms with Crippen molar-refractivity contribution in [2.75, 3.05) is 20.3 Å². The summed E-state index contributed by atoms with van der Waals surface area (Å²) in [5.41, 5.74) is 0.546. The van der Waals surface area contributed by atoms with Gasteiger partial charge >= 0.3 is 5.97 Å². The van der Waals surface area contributed by atoms with E-state index >= 15 is 0 Å². The summed E-state index contributed by atoms with van der Waals surface area (Å²) in [7, 11) is 1.65. The van der Waals surface area contributed by atoms with E-state index in [0.717, 1.165) is 18.7 Å². The Hall–Kier alpha value is -1.55. The predicted octanol–water partition coefficient (Wildman–Crippen LogP) is 2.56. The summed E-state index contributed by atoms with van der Waals surface area (Å²) in [6, 6.07) is 7.92. The Bertz CT molecular complexity index is 416. The molecule has 0 aliphatic carbocycles. The second-order valence-electron chi connectivity index (χ2n) is 4.93. The molecule has 0 amide bonds. The molecule has 1 atom stereocenters. The van der Waals surface area contributed by atoms with E-state index in [2.05, 4.69) is 5.32 Å². The molecule has 112 valence electrons. The molecule has 4 heteroatoms. The highest BCUT2D eigenvalue weighted by Crippen LogP contribution is 2.18. The van der Waals surface area contributed by atoms with Gasteiger partial charge in [-0.05, 0) is 50.9 Å². The van der Waals surface area contributed by atoms with Crippen molar-refractivity contribution in [1.82, 2.24) is 5.32 Å². The number of hydrogen-bond donors (Lipinski definition) is 1. The van der Waals surface area contributed by atoms with Gasteiger partial charge in [0.05, 0.1) is 13.7 Å². The van der Waals surface area contributed by atoms with Crippen LogP contribution in [0.5, 0.6) is 5.75 Å². The van der Waals surface area contributed by atoms with E-state index in [9.17, 15) is 4.79 Å². The highest BCUT2D eigenvalue weighted by atomic mass is 16.5. The number of carbonyl (C=O) groups is 1. The van der Waals surface area contributed by atoms with Crippen LogP contribution >= 0.6 is 0 Å². The third-order valence-electron chi connectivity index (χ3n) is 3.37. The number of hydrogen-bond acceptors (Lipinski definition) is 4. The number of aryl methyl sites for hydroxylation is 1. The number of rotatable bonds is 8. The molecule has 1 N–H and O–H groups in total. The topological polar surface area (TPSA) is 47.6 Å². The van der Waals surface area contributed by atoms with Crippen LogP contribution in [-0.2, 0) is 16.0 Å². The maximum absolute atomic E-state index is 12.1. The number of nitrogens with one attached hydrogen (secondary N) is 1. The second kappa shape index (κ2) is 7.90. The zero-order valence-electron chi connectivity index (χ0n) is 12.9. The fraction of sp³-hybridized carbons (Fsp3) is 0.562. The van der Waals surface area contributed by atoms with Crippen molar-refractivity contribution in [3.63, 3.8) is 0 Å². The van der Waals surface area contributed by atoms with Gasteiger partial charge in [-0.15, -0.1) is 0 Å². The van der Waals surface area contributed by atoms with Gasteiger partial charge in [0.25, 0.3) is 0 Å². The second-order valence-corrected chi connectivity index (χ2v) is 4.93. The van der Waals surface area contributed by atoms with E-state index in [4.69, 9.17) is 9.47 Å². The molecule has 1 aromatic carbocycles. The van der Waals surface area contributed by atoms with Gasteiger partial charge in [0.1, 0.15) is 11.3 Å². The van der Waals surface area contributed by atoms with Crippen molar-refractivity contribution in [2.24, 2.45) is 0 Å². The summed E-state index contributed by atoms with van der Waals surface area (Å²) in [4.78, 5) is 12.1. The minimum Gasteiger partial charge on any atom is -0.497 e. The molecular formula is C16H25NO3. The van der Waals surface area contributed by atoms with E-state index in [0.29, 0.717) is 13.0 Å². The maximum Gasteiger partial charge on any atom is 0.326 e. The van der Waals surface area contributed by atoms with E-state index in [-0.39, 0.29) is 5.97 Å². The minimum atomic E-state index is -0.634. The van der Waals surface area contributed by atoms with Crippen molar-refractivity contribution < 1.29 is 14.3 Å². The Morgan fingerprint density at radius 1 is 1.25 bits per heavy atom. The lowest BCUT2D eigenvalue weighted by Gasteiger charge is -2.28. The predicted molar refractivity (Wildman–Crippen MR) is 80.0 cm³/mol.